The first-order valence-corrected chi connectivity index (χ1v) is 8.67. The Balaban J connectivity index is 1.52. The van der Waals surface area contributed by atoms with Crippen LogP contribution in [0.4, 0.5) is 11.6 Å². The van der Waals surface area contributed by atoms with Crippen molar-refractivity contribution in [1.82, 2.24) is 9.97 Å². The lowest BCUT2D eigenvalue weighted by Gasteiger charge is -2.07. The number of aromatic nitrogens is 2. The van der Waals surface area contributed by atoms with Gasteiger partial charge in [0.05, 0.1) is 5.56 Å². The summed E-state index contributed by atoms with van der Waals surface area (Å²) in [5, 5.41) is 5.97. The lowest BCUT2D eigenvalue weighted by Crippen LogP contribution is -2.14. The molecule has 0 bridgehead atoms. The summed E-state index contributed by atoms with van der Waals surface area (Å²) in [6, 6.07) is 17.6. The second-order valence-corrected chi connectivity index (χ2v) is 6.33. The minimum absolute atomic E-state index is 0.238. The van der Waals surface area contributed by atoms with Crippen LogP contribution in [0.15, 0.2) is 71.5 Å². The predicted molar refractivity (Wildman–Crippen MR) is 103 cm³/mol. The molecule has 6 heteroatoms. The average Bonchev–Trinajstić information content (AvgIpc) is 2.65. The molecule has 0 saturated carbocycles. The highest BCUT2D eigenvalue weighted by Gasteiger charge is 2.07. The van der Waals surface area contributed by atoms with Crippen LogP contribution in [-0.4, -0.2) is 22.4 Å². The van der Waals surface area contributed by atoms with Gasteiger partial charge in [0, 0.05) is 29.1 Å². The van der Waals surface area contributed by atoms with Gasteiger partial charge in [-0.3, -0.25) is 4.79 Å². The van der Waals surface area contributed by atoms with Gasteiger partial charge in [-0.15, -0.1) is 0 Å². The van der Waals surface area contributed by atoms with Gasteiger partial charge in [-0.25, -0.2) is 9.97 Å². The SMILES string of the molecule is O=C(Nc1ccc(Br)cc1)c1cnc(NCCc2ccccc2)nc1. The molecule has 2 aromatic carbocycles. The smallest absolute Gasteiger partial charge is 0.258 e. The number of hydrogen-bond acceptors (Lipinski definition) is 4. The van der Waals surface area contributed by atoms with Crippen LogP contribution in [0.2, 0.25) is 0 Å². The van der Waals surface area contributed by atoms with Crippen molar-refractivity contribution in [1.29, 1.82) is 0 Å². The molecule has 25 heavy (non-hydrogen) atoms. The number of hydrogen-bond donors (Lipinski definition) is 2. The Bertz CT molecular complexity index is 820. The van der Waals surface area contributed by atoms with Gasteiger partial charge >= 0.3 is 0 Å². The third kappa shape index (κ3) is 5.12. The number of amides is 1. The van der Waals surface area contributed by atoms with E-state index < -0.39 is 0 Å². The highest BCUT2D eigenvalue weighted by Crippen LogP contribution is 2.15. The van der Waals surface area contributed by atoms with E-state index in [4.69, 9.17) is 0 Å². The van der Waals surface area contributed by atoms with Gasteiger partial charge in [-0.1, -0.05) is 46.3 Å². The molecule has 0 fully saturated rings. The summed E-state index contributed by atoms with van der Waals surface area (Å²) in [7, 11) is 0. The van der Waals surface area contributed by atoms with Crippen molar-refractivity contribution in [3.8, 4) is 0 Å². The lowest BCUT2D eigenvalue weighted by atomic mass is 10.1. The normalized spacial score (nSPS) is 10.3. The molecular formula is C19H17BrN4O. The predicted octanol–water partition coefficient (Wildman–Crippen LogP) is 4.15. The average molecular weight is 397 g/mol. The molecule has 0 aliphatic carbocycles. The summed E-state index contributed by atoms with van der Waals surface area (Å²) in [5.41, 5.74) is 2.38. The Hall–Kier alpha value is -2.73. The van der Waals surface area contributed by atoms with E-state index in [1.54, 1.807) is 0 Å². The standard InChI is InChI=1S/C19H17BrN4O/c20-16-6-8-17(9-7-16)24-18(25)15-12-22-19(23-13-15)21-11-10-14-4-2-1-3-5-14/h1-9,12-13H,10-11H2,(H,24,25)(H,21,22,23). The number of anilines is 2. The first kappa shape index (κ1) is 17.1. The molecule has 0 atom stereocenters. The van der Waals surface area contributed by atoms with E-state index in [0.717, 1.165) is 23.1 Å². The molecule has 126 valence electrons. The molecule has 2 N–H and O–H groups in total. The minimum Gasteiger partial charge on any atom is -0.354 e. The van der Waals surface area contributed by atoms with E-state index in [0.29, 0.717) is 11.5 Å². The zero-order valence-electron chi connectivity index (χ0n) is 13.4. The monoisotopic (exact) mass is 396 g/mol. The van der Waals surface area contributed by atoms with Crippen molar-refractivity contribution in [2.75, 3.05) is 17.2 Å². The number of nitrogens with one attached hydrogen (secondary N) is 2. The van der Waals surface area contributed by atoms with Gasteiger partial charge < -0.3 is 10.6 Å². The summed E-state index contributed by atoms with van der Waals surface area (Å²) < 4.78 is 0.958. The molecule has 0 spiro atoms. The van der Waals surface area contributed by atoms with Gasteiger partial charge in [0.15, 0.2) is 0 Å². The summed E-state index contributed by atoms with van der Waals surface area (Å²) >= 11 is 3.36. The Labute approximate surface area is 154 Å². The van der Waals surface area contributed by atoms with Crippen molar-refractivity contribution in [2.24, 2.45) is 0 Å². The fourth-order valence-corrected chi connectivity index (χ4v) is 2.50. The topological polar surface area (TPSA) is 66.9 Å². The van der Waals surface area contributed by atoms with Crippen molar-refractivity contribution in [3.05, 3.63) is 82.6 Å². The second kappa shape index (κ2) is 8.39. The number of rotatable bonds is 6. The van der Waals surface area contributed by atoms with Crippen LogP contribution in [-0.2, 0) is 6.42 Å². The Morgan fingerprint density at radius 2 is 1.64 bits per heavy atom. The Kier molecular flexibility index (Phi) is 5.74. The van der Waals surface area contributed by atoms with Crippen LogP contribution in [0.1, 0.15) is 15.9 Å². The molecule has 3 rings (SSSR count). The molecule has 5 nitrogen and oxygen atoms in total. The highest BCUT2D eigenvalue weighted by atomic mass is 79.9. The molecule has 0 aliphatic rings. The molecule has 0 aliphatic heterocycles. The number of carbonyl (C=O) groups is 1. The summed E-state index contributed by atoms with van der Waals surface area (Å²) in [6.45, 7) is 0.731. The first-order chi connectivity index (χ1) is 12.2. The summed E-state index contributed by atoms with van der Waals surface area (Å²) in [6.07, 6.45) is 3.92. The van der Waals surface area contributed by atoms with Crippen LogP contribution in [0.25, 0.3) is 0 Å². The van der Waals surface area contributed by atoms with Gasteiger partial charge in [-0.2, -0.15) is 0 Å². The minimum atomic E-state index is -0.238. The number of carbonyl (C=O) groups excluding carboxylic acids is 1. The lowest BCUT2D eigenvalue weighted by molar-refractivity contribution is 0.102. The van der Waals surface area contributed by atoms with E-state index in [2.05, 4.69) is 48.7 Å². The van der Waals surface area contributed by atoms with E-state index in [-0.39, 0.29) is 5.91 Å². The van der Waals surface area contributed by atoms with Crippen LogP contribution in [0.5, 0.6) is 0 Å². The van der Waals surface area contributed by atoms with E-state index >= 15 is 0 Å². The van der Waals surface area contributed by atoms with Gasteiger partial charge in [0.1, 0.15) is 0 Å². The molecule has 0 saturated heterocycles. The zero-order valence-corrected chi connectivity index (χ0v) is 15.0. The van der Waals surface area contributed by atoms with Crippen molar-refractivity contribution >= 4 is 33.5 Å². The fourth-order valence-electron chi connectivity index (χ4n) is 2.24. The number of halogens is 1. The summed E-state index contributed by atoms with van der Waals surface area (Å²) in [5.74, 6) is 0.272. The quantitative estimate of drug-likeness (QED) is 0.656. The van der Waals surface area contributed by atoms with Gasteiger partial charge in [0.2, 0.25) is 5.95 Å². The van der Waals surface area contributed by atoms with Crippen molar-refractivity contribution in [3.63, 3.8) is 0 Å². The molecule has 1 heterocycles. The van der Waals surface area contributed by atoms with Gasteiger partial charge in [-0.05, 0) is 36.2 Å². The molecule has 1 aromatic heterocycles. The maximum absolute atomic E-state index is 12.2. The van der Waals surface area contributed by atoms with E-state index in [1.807, 2.05) is 42.5 Å². The highest BCUT2D eigenvalue weighted by molar-refractivity contribution is 9.10. The third-order valence-corrected chi connectivity index (χ3v) is 4.08. The Morgan fingerprint density at radius 1 is 0.960 bits per heavy atom. The molecule has 0 radical (unpaired) electrons. The Morgan fingerprint density at radius 3 is 2.32 bits per heavy atom. The second-order valence-electron chi connectivity index (χ2n) is 5.42. The van der Waals surface area contributed by atoms with E-state index in [1.165, 1.54) is 18.0 Å². The largest absolute Gasteiger partial charge is 0.354 e. The molecule has 1 amide bonds. The van der Waals surface area contributed by atoms with Crippen LogP contribution < -0.4 is 10.6 Å². The maximum atomic E-state index is 12.2. The maximum Gasteiger partial charge on any atom is 0.258 e. The number of benzene rings is 2. The van der Waals surface area contributed by atoms with Crippen LogP contribution in [0.3, 0.4) is 0 Å². The zero-order chi connectivity index (χ0) is 17.5. The van der Waals surface area contributed by atoms with Crippen molar-refractivity contribution in [2.45, 2.75) is 6.42 Å². The van der Waals surface area contributed by atoms with Gasteiger partial charge in [0.25, 0.3) is 5.91 Å². The van der Waals surface area contributed by atoms with E-state index in [9.17, 15) is 4.79 Å². The molecule has 0 unspecified atom stereocenters. The summed E-state index contributed by atoms with van der Waals surface area (Å²) in [4.78, 5) is 20.6. The number of nitrogens with zero attached hydrogens (tertiary/aromatic N) is 2. The third-order valence-electron chi connectivity index (χ3n) is 3.56. The van der Waals surface area contributed by atoms with Crippen LogP contribution >= 0.6 is 15.9 Å². The molecular weight excluding hydrogens is 380 g/mol. The molecule has 3 aromatic rings. The fraction of sp³-hybridized carbons (Fsp3) is 0.105. The van der Waals surface area contributed by atoms with Crippen LogP contribution in [0, 0.1) is 0 Å². The first-order valence-electron chi connectivity index (χ1n) is 7.87. The van der Waals surface area contributed by atoms with Crippen molar-refractivity contribution < 1.29 is 4.79 Å².